The van der Waals surface area contributed by atoms with Crippen LogP contribution < -0.4 is 5.32 Å². The monoisotopic (exact) mass is 480 g/mol. The number of piperidine rings is 1. The molecule has 0 amide bonds. The van der Waals surface area contributed by atoms with Crippen LogP contribution in [0.25, 0.3) is 11.1 Å². The number of hydrogen-bond acceptors (Lipinski definition) is 6. The van der Waals surface area contributed by atoms with E-state index in [9.17, 15) is 4.21 Å². The van der Waals surface area contributed by atoms with Crippen LogP contribution in [-0.4, -0.2) is 41.6 Å². The molecule has 34 heavy (non-hydrogen) atoms. The molecular formula is C27H32N2O4S. The molecule has 3 aromatic carbocycles. The fraction of sp³-hybridized carbons (Fsp3) is 0.333. The highest BCUT2D eigenvalue weighted by Crippen LogP contribution is 2.24. The van der Waals surface area contributed by atoms with E-state index in [0.29, 0.717) is 24.1 Å². The molecule has 0 spiro atoms. The average Bonchev–Trinajstić information content (AvgIpc) is 2.88. The van der Waals surface area contributed by atoms with Gasteiger partial charge in [0.25, 0.3) is 0 Å². The van der Waals surface area contributed by atoms with Crippen molar-refractivity contribution in [1.29, 1.82) is 0 Å². The summed E-state index contributed by atoms with van der Waals surface area (Å²) in [4.78, 5) is 10.7. The van der Waals surface area contributed by atoms with E-state index in [1.807, 2.05) is 42.5 Å². The summed E-state index contributed by atoms with van der Waals surface area (Å²) < 4.78 is 18.9. The summed E-state index contributed by atoms with van der Waals surface area (Å²) in [6.07, 6.45) is 1.69. The number of aryl methyl sites for hydroxylation is 1. The molecule has 7 heteroatoms. The lowest BCUT2D eigenvalue weighted by molar-refractivity contribution is -0.291. The first-order chi connectivity index (χ1) is 16.6. The fourth-order valence-electron chi connectivity index (χ4n) is 4.10. The molecule has 180 valence electrons. The molecule has 0 aliphatic carbocycles. The van der Waals surface area contributed by atoms with Crippen molar-refractivity contribution in [3.63, 3.8) is 0 Å². The van der Waals surface area contributed by atoms with Gasteiger partial charge >= 0.3 is 0 Å². The Morgan fingerprint density at radius 3 is 2.32 bits per heavy atom. The number of hydroxylamine groups is 2. The second-order valence-corrected chi connectivity index (χ2v) is 9.62. The van der Waals surface area contributed by atoms with Crippen molar-refractivity contribution in [2.75, 3.05) is 20.3 Å². The molecule has 6 nitrogen and oxygen atoms in total. The van der Waals surface area contributed by atoms with Crippen LogP contribution in [0.1, 0.15) is 24.0 Å². The summed E-state index contributed by atoms with van der Waals surface area (Å²) in [5.74, 6) is 0. The minimum absolute atomic E-state index is 0.0715. The fourth-order valence-corrected chi connectivity index (χ4v) is 4.92. The molecule has 0 bridgehead atoms. The van der Waals surface area contributed by atoms with E-state index in [4.69, 9.17) is 14.1 Å². The Morgan fingerprint density at radius 1 is 0.971 bits per heavy atom. The van der Waals surface area contributed by atoms with E-state index in [1.54, 1.807) is 5.06 Å². The Morgan fingerprint density at radius 2 is 1.65 bits per heavy atom. The number of hydrogen-bond donors (Lipinski definition) is 1. The van der Waals surface area contributed by atoms with E-state index in [0.717, 1.165) is 30.5 Å². The summed E-state index contributed by atoms with van der Waals surface area (Å²) in [7, 11) is 1.49. The van der Waals surface area contributed by atoms with Crippen molar-refractivity contribution in [1.82, 2.24) is 10.4 Å². The smallest absolute Gasteiger partial charge is 0.206 e. The number of nitrogens with zero attached hydrogens (tertiary/aromatic N) is 1. The minimum Gasteiger partial charge on any atom is -0.310 e. The summed E-state index contributed by atoms with van der Waals surface area (Å²) >= 11 is -1.61. The standard InChI is InChI=1S/C27H32N2O4S/c1-21-8-10-23(11-9-21)24-12-14-27(15-13-24)34(30)33-29-17-16-25(18-26(29)20-32-31-2)28-19-22-6-4-3-5-7-22/h3-15,25-26,28H,16-20H2,1-2H3. The first kappa shape index (κ1) is 24.7. The van der Waals surface area contributed by atoms with Crippen LogP contribution in [0.4, 0.5) is 0 Å². The van der Waals surface area contributed by atoms with Crippen molar-refractivity contribution in [3.8, 4) is 11.1 Å². The molecule has 3 aromatic rings. The van der Waals surface area contributed by atoms with Crippen LogP contribution in [0.5, 0.6) is 0 Å². The minimum atomic E-state index is -1.61. The number of nitrogens with one attached hydrogen (secondary N) is 1. The van der Waals surface area contributed by atoms with Gasteiger partial charge in [0, 0.05) is 19.1 Å². The van der Waals surface area contributed by atoms with Crippen molar-refractivity contribution < 1.29 is 18.3 Å². The van der Waals surface area contributed by atoms with Crippen LogP contribution in [0.3, 0.4) is 0 Å². The Hall–Kier alpha value is -2.39. The summed E-state index contributed by atoms with van der Waals surface area (Å²) in [6.45, 7) is 3.87. The molecule has 1 aliphatic rings. The maximum Gasteiger partial charge on any atom is 0.206 e. The second kappa shape index (κ2) is 12.4. The van der Waals surface area contributed by atoms with E-state index in [-0.39, 0.29) is 6.04 Å². The van der Waals surface area contributed by atoms with Gasteiger partial charge in [0.1, 0.15) is 6.61 Å². The second-order valence-electron chi connectivity index (χ2n) is 8.53. The molecule has 0 radical (unpaired) electrons. The average molecular weight is 481 g/mol. The van der Waals surface area contributed by atoms with Gasteiger partial charge in [-0.25, -0.2) is 14.0 Å². The van der Waals surface area contributed by atoms with Crippen LogP contribution >= 0.6 is 0 Å². The molecule has 3 atom stereocenters. The van der Waals surface area contributed by atoms with Gasteiger partial charge in [0.15, 0.2) is 0 Å². The van der Waals surface area contributed by atoms with Crippen molar-refractivity contribution >= 4 is 11.1 Å². The molecule has 1 N–H and O–H groups in total. The SMILES string of the molecule is COOCC1CC(NCc2ccccc2)CCN1OS(=O)c1ccc(-c2ccc(C)cc2)cc1. The van der Waals surface area contributed by atoms with Crippen LogP contribution in [0, 0.1) is 6.92 Å². The molecule has 1 aliphatic heterocycles. The lowest BCUT2D eigenvalue weighted by atomic mass is 9.99. The van der Waals surface area contributed by atoms with E-state index >= 15 is 0 Å². The molecule has 3 unspecified atom stereocenters. The Kier molecular flexibility index (Phi) is 8.98. The highest BCUT2D eigenvalue weighted by Gasteiger charge is 2.31. The zero-order valence-electron chi connectivity index (χ0n) is 19.7. The van der Waals surface area contributed by atoms with Crippen molar-refractivity contribution in [3.05, 3.63) is 90.0 Å². The van der Waals surface area contributed by atoms with E-state index < -0.39 is 11.1 Å². The third kappa shape index (κ3) is 6.82. The molecule has 1 fully saturated rings. The quantitative estimate of drug-likeness (QED) is 0.332. The van der Waals surface area contributed by atoms with Crippen molar-refractivity contribution in [2.24, 2.45) is 0 Å². The normalized spacial score (nSPS) is 19.7. The molecule has 1 saturated heterocycles. The third-order valence-electron chi connectivity index (χ3n) is 6.07. The Balaban J connectivity index is 1.35. The van der Waals surface area contributed by atoms with Crippen molar-refractivity contribution in [2.45, 2.75) is 43.3 Å². The van der Waals surface area contributed by atoms with Crippen LogP contribution in [-0.2, 0) is 31.7 Å². The van der Waals surface area contributed by atoms with Gasteiger partial charge in [-0.3, -0.25) is 0 Å². The van der Waals surface area contributed by atoms with Crippen LogP contribution in [0.15, 0.2) is 83.8 Å². The van der Waals surface area contributed by atoms with Gasteiger partial charge in [0.05, 0.1) is 18.0 Å². The first-order valence-electron chi connectivity index (χ1n) is 11.6. The summed E-state index contributed by atoms with van der Waals surface area (Å²) in [6, 6.07) is 26.6. The predicted octanol–water partition coefficient (Wildman–Crippen LogP) is 4.82. The number of rotatable bonds is 10. The first-order valence-corrected chi connectivity index (χ1v) is 12.7. The molecule has 1 heterocycles. The van der Waals surface area contributed by atoms with Gasteiger partial charge in [-0.05, 0) is 48.6 Å². The topological polar surface area (TPSA) is 60.0 Å². The zero-order valence-corrected chi connectivity index (χ0v) is 20.5. The van der Waals surface area contributed by atoms with Gasteiger partial charge in [0.2, 0.25) is 11.1 Å². The lowest BCUT2D eigenvalue weighted by Gasteiger charge is -2.37. The Labute approximate surface area is 204 Å². The molecule has 0 aromatic heterocycles. The summed E-state index contributed by atoms with van der Waals surface area (Å²) in [5, 5.41) is 5.40. The molecule has 4 rings (SSSR count). The van der Waals surface area contributed by atoms with Gasteiger partial charge in [-0.1, -0.05) is 72.3 Å². The van der Waals surface area contributed by atoms with Crippen LogP contribution in [0.2, 0.25) is 0 Å². The number of benzene rings is 3. The lowest BCUT2D eigenvalue weighted by Crippen LogP contribution is -2.50. The van der Waals surface area contributed by atoms with Gasteiger partial charge < -0.3 is 5.32 Å². The highest BCUT2D eigenvalue weighted by molar-refractivity contribution is 7.80. The van der Waals surface area contributed by atoms with Gasteiger partial charge in [-0.2, -0.15) is 9.35 Å². The van der Waals surface area contributed by atoms with E-state index in [1.165, 1.54) is 18.2 Å². The maximum absolute atomic E-state index is 13.0. The highest BCUT2D eigenvalue weighted by atomic mass is 32.2. The molecular weight excluding hydrogens is 448 g/mol. The van der Waals surface area contributed by atoms with Gasteiger partial charge in [-0.15, -0.1) is 0 Å². The molecule has 0 saturated carbocycles. The third-order valence-corrected chi connectivity index (χ3v) is 7.06. The zero-order chi connectivity index (χ0) is 23.8. The Bertz CT molecular complexity index is 1040. The maximum atomic E-state index is 13.0. The van der Waals surface area contributed by atoms with E-state index in [2.05, 4.69) is 48.6 Å². The summed E-state index contributed by atoms with van der Waals surface area (Å²) in [5.41, 5.74) is 4.69. The largest absolute Gasteiger partial charge is 0.310 e. The predicted molar refractivity (Wildman–Crippen MR) is 134 cm³/mol.